The van der Waals surface area contributed by atoms with E-state index in [9.17, 15) is 8.78 Å². The van der Waals surface area contributed by atoms with Crippen molar-refractivity contribution >= 4 is 13.3 Å². The Hall–Kier alpha value is -1.37. The number of hydrogen-bond donors (Lipinski definition) is 0. The Bertz CT molecular complexity index is 330. The zero-order valence-electron chi connectivity index (χ0n) is 5.44. The van der Waals surface area contributed by atoms with Crippen molar-refractivity contribution in [3.05, 3.63) is 29.3 Å². The quantitative estimate of drug-likeness (QED) is 0.496. The molecule has 0 fully saturated rings. The van der Waals surface area contributed by atoms with Gasteiger partial charge >= 0.3 is 0 Å². The van der Waals surface area contributed by atoms with Crippen LogP contribution in [0.4, 0.5) is 8.78 Å². The van der Waals surface area contributed by atoms with Gasteiger partial charge in [0.15, 0.2) is 0 Å². The Morgan fingerprint density at radius 2 is 1.91 bits per heavy atom. The molecule has 11 heavy (non-hydrogen) atoms. The highest BCUT2D eigenvalue weighted by atomic mass is 19.1. The van der Waals surface area contributed by atoms with Gasteiger partial charge in [0.25, 0.3) is 0 Å². The van der Waals surface area contributed by atoms with Crippen molar-refractivity contribution in [1.29, 1.82) is 5.26 Å². The molecule has 1 aromatic rings. The Kier molecular flexibility index (Phi) is 1.90. The van der Waals surface area contributed by atoms with E-state index in [1.54, 1.807) is 0 Å². The summed E-state index contributed by atoms with van der Waals surface area (Å²) in [6, 6.07) is 3.05. The molecule has 0 bridgehead atoms. The standard InChI is InChI=1S/C7H2BF2N/c8-5-2-6(9)4(3-11)1-7(5)10/h1-2H. The van der Waals surface area contributed by atoms with Crippen molar-refractivity contribution < 1.29 is 8.78 Å². The first-order valence-corrected chi connectivity index (χ1v) is 2.79. The molecule has 1 rings (SSSR count). The maximum Gasteiger partial charge on any atom is 0.140 e. The van der Waals surface area contributed by atoms with Crippen LogP contribution in [0, 0.1) is 23.0 Å². The van der Waals surface area contributed by atoms with Crippen molar-refractivity contribution in [2.75, 3.05) is 0 Å². The summed E-state index contributed by atoms with van der Waals surface area (Å²) < 4.78 is 25.1. The predicted molar refractivity (Wildman–Crippen MR) is 36.5 cm³/mol. The van der Waals surface area contributed by atoms with Gasteiger partial charge in [0.2, 0.25) is 0 Å². The third-order valence-electron chi connectivity index (χ3n) is 1.21. The van der Waals surface area contributed by atoms with Gasteiger partial charge in [0.05, 0.1) is 5.56 Å². The normalized spacial score (nSPS) is 9.18. The number of benzene rings is 1. The Morgan fingerprint density at radius 1 is 1.27 bits per heavy atom. The molecule has 1 nitrogen and oxygen atoms in total. The second-order valence-electron chi connectivity index (χ2n) is 1.97. The molecule has 0 heterocycles. The summed E-state index contributed by atoms with van der Waals surface area (Å²) in [4.78, 5) is 0. The molecule has 0 spiro atoms. The van der Waals surface area contributed by atoms with Gasteiger partial charge in [-0.15, -0.1) is 0 Å². The highest BCUT2D eigenvalue weighted by Gasteiger charge is 2.04. The zero-order chi connectivity index (χ0) is 8.43. The minimum absolute atomic E-state index is 0.290. The molecule has 0 N–H and O–H groups in total. The molecule has 4 heteroatoms. The number of nitrogens with zero attached hydrogens (tertiary/aromatic N) is 1. The van der Waals surface area contributed by atoms with Gasteiger partial charge in [-0.1, -0.05) is 5.46 Å². The van der Waals surface area contributed by atoms with Crippen LogP contribution in [0.2, 0.25) is 0 Å². The fourth-order valence-corrected chi connectivity index (χ4v) is 0.648. The van der Waals surface area contributed by atoms with E-state index in [-0.39, 0.29) is 11.0 Å². The molecule has 52 valence electrons. The van der Waals surface area contributed by atoms with Crippen LogP contribution in [0.25, 0.3) is 0 Å². The monoisotopic (exact) mass is 149 g/mol. The second-order valence-corrected chi connectivity index (χ2v) is 1.97. The van der Waals surface area contributed by atoms with Gasteiger partial charge in [0, 0.05) is 0 Å². The summed E-state index contributed by atoms with van der Waals surface area (Å²) in [5.41, 5.74) is -0.627. The molecule has 0 amide bonds. The lowest BCUT2D eigenvalue weighted by Crippen LogP contribution is -2.09. The first kappa shape index (κ1) is 7.74. The minimum atomic E-state index is -0.800. The lowest BCUT2D eigenvalue weighted by molar-refractivity contribution is 0.603. The summed E-state index contributed by atoms with van der Waals surface area (Å²) in [5.74, 6) is -1.57. The van der Waals surface area contributed by atoms with Crippen LogP contribution in [-0.4, -0.2) is 7.85 Å². The van der Waals surface area contributed by atoms with E-state index in [0.717, 1.165) is 12.1 Å². The molecular formula is C7H2BF2N. The summed E-state index contributed by atoms with van der Waals surface area (Å²) in [6.45, 7) is 0. The van der Waals surface area contributed by atoms with E-state index in [1.807, 2.05) is 0 Å². The van der Waals surface area contributed by atoms with E-state index in [4.69, 9.17) is 13.1 Å². The molecule has 1 aromatic carbocycles. The maximum atomic E-state index is 12.6. The Balaban J connectivity index is 3.35. The highest BCUT2D eigenvalue weighted by Crippen LogP contribution is 2.05. The first-order valence-electron chi connectivity index (χ1n) is 2.79. The average Bonchev–Trinajstić information content (AvgIpc) is 1.97. The largest absolute Gasteiger partial charge is 0.208 e. The van der Waals surface area contributed by atoms with E-state index >= 15 is 0 Å². The molecule has 2 radical (unpaired) electrons. The third-order valence-corrected chi connectivity index (χ3v) is 1.21. The maximum absolute atomic E-state index is 12.6. The first-order chi connectivity index (χ1) is 5.15. The molecule has 0 unspecified atom stereocenters. The van der Waals surface area contributed by atoms with Crippen LogP contribution in [0.15, 0.2) is 12.1 Å². The number of rotatable bonds is 0. The van der Waals surface area contributed by atoms with E-state index in [1.165, 1.54) is 6.07 Å². The molecule has 0 saturated carbocycles. The summed E-state index contributed by atoms with van der Waals surface area (Å²) >= 11 is 0. The number of halogens is 2. The lowest BCUT2D eigenvalue weighted by atomic mass is 9.94. The van der Waals surface area contributed by atoms with Crippen LogP contribution >= 0.6 is 0 Å². The van der Waals surface area contributed by atoms with Crippen LogP contribution in [0.1, 0.15) is 5.56 Å². The van der Waals surface area contributed by atoms with Gasteiger partial charge in [-0.05, 0) is 12.1 Å². The zero-order valence-corrected chi connectivity index (χ0v) is 5.44. The van der Waals surface area contributed by atoms with Gasteiger partial charge < -0.3 is 0 Å². The molecule has 0 saturated heterocycles. The topological polar surface area (TPSA) is 23.8 Å². The van der Waals surface area contributed by atoms with Crippen LogP contribution in [-0.2, 0) is 0 Å². The molecule has 0 atom stereocenters. The molecule has 0 aromatic heterocycles. The lowest BCUT2D eigenvalue weighted by Gasteiger charge is -1.97. The van der Waals surface area contributed by atoms with Crippen molar-refractivity contribution in [2.45, 2.75) is 0 Å². The third kappa shape index (κ3) is 1.37. The Morgan fingerprint density at radius 3 is 2.45 bits per heavy atom. The van der Waals surface area contributed by atoms with Crippen LogP contribution in [0.5, 0.6) is 0 Å². The SMILES string of the molecule is [B]c1cc(F)c(C#N)cc1F. The van der Waals surface area contributed by atoms with E-state index in [2.05, 4.69) is 0 Å². The Labute approximate surface area is 63.7 Å². The van der Waals surface area contributed by atoms with Gasteiger partial charge in [-0.2, -0.15) is 5.26 Å². The second kappa shape index (κ2) is 2.71. The van der Waals surface area contributed by atoms with E-state index in [0.29, 0.717) is 0 Å². The molecule has 0 aliphatic carbocycles. The molecule has 0 aliphatic rings. The smallest absolute Gasteiger partial charge is 0.140 e. The van der Waals surface area contributed by atoms with Gasteiger partial charge in [-0.3, -0.25) is 0 Å². The van der Waals surface area contributed by atoms with Crippen molar-refractivity contribution in [3.63, 3.8) is 0 Å². The predicted octanol–water partition coefficient (Wildman–Crippen LogP) is 0.630. The highest BCUT2D eigenvalue weighted by molar-refractivity contribution is 6.32. The van der Waals surface area contributed by atoms with Gasteiger partial charge in [-0.25, -0.2) is 8.78 Å². The van der Waals surface area contributed by atoms with Crippen molar-refractivity contribution in [2.24, 2.45) is 0 Å². The van der Waals surface area contributed by atoms with Crippen LogP contribution in [0.3, 0.4) is 0 Å². The average molecular weight is 149 g/mol. The van der Waals surface area contributed by atoms with Crippen molar-refractivity contribution in [3.8, 4) is 6.07 Å². The fourth-order valence-electron chi connectivity index (χ4n) is 0.648. The number of nitriles is 1. The van der Waals surface area contributed by atoms with Crippen LogP contribution < -0.4 is 5.46 Å². The molecular weight excluding hydrogens is 147 g/mol. The van der Waals surface area contributed by atoms with E-state index < -0.39 is 11.6 Å². The molecule has 0 aliphatic heterocycles. The van der Waals surface area contributed by atoms with Crippen molar-refractivity contribution in [1.82, 2.24) is 0 Å². The minimum Gasteiger partial charge on any atom is -0.208 e. The number of hydrogen-bond acceptors (Lipinski definition) is 1. The fraction of sp³-hybridized carbons (Fsp3) is 0. The summed E-state index contributed by atoms with van der Waals surface area (Å²) in [5, 5.41) is 8.24. The summed E-state index contributed by atoms with van der Waals surface area (Å²) in [6.07, 6.45) is 0. The van der Waals surface area contributed by atoms with Gasteiger partial charge in [0.1, 0.15) is 25.5 Å². The summed E-state index contributed by atoms with van der Waals surface area (Å²) in [7, 11) is 5.02.